The Bertz CT molecular complexity index is 3680. The zero-order valence-corrected chi connectivity index (χ0v) is 47.7. The van der Waals surface area contributed by atoms with Crippen LogP contribution < -0.4 is 31.9 Å². The molecule has 1 aromatic carbocycles. The number of aryl methyl sites for hydroxylation is 1. The molecular formula is C51H47N13O10S6. The lowest BCUT2D eigenvalue weighted by Crippen LogP contribution is -2.40. The van der Waals surface area contributed by atoms with Gasteiger partial charge in [0.2, 0.25) is 17.7 Å². The summed E-state index contributed by atoms with van der Waals surface area (Å²) in [6.45, 7) is 4.92. The van der Waals surface area contributed by atoms with Crippen LogP contribution in [0.25, 0.3) is 43.4 Å². The van der Waals surface area contributed by atoms with Crippen molar-refractivity contribution in [3.05, 3.63) is 124 Å². The van der Waals surface area contributed by atoms with Crippen LogP contribution in [0.5, 0.6) is 0 Å². The lowest BCUT2D eigenvalue weighted by atomic mass is 10.0. The summed E-state index contributed by atoms with van der Waals surface area (Å²) in [5, 5.41) is 46.2. The number of carboxylic acids is 1. The molecule has 0 fully saturated rings. The third kappa shape index (κ3) is 13.1. The molecule has 80 heavy (non-hydrogen) atoms. The molecule has 8 aromatic rings. The van der Waals surface area contributed by atoms with Crippen molar-refractivity contribution in [3.63, 3.8) is 0 Å². The number of carbonyl (C=O) groups is 7. The van der Waals surface area contributed by atoms with E-state index < -0.39 is 72.2 Å². The maximum Gasteiger partial charge on any atom is 0.328 e. The van der Waals surface area contributed by atoms with Crippen LogP contribution in [0.1, 0.15) is 106 Å². The van der Waals surface area contributed by atoms with Gasteiger partial charge in [-0.15, -0.1) is 68.0 Å². The van der Waals surface area contributed by atoms with Crippen LogP contribution in [-0.4, -0.2) is 107 Å². The van der Waals surface area contributed by atoms with Crippen molar-refractivity contribution in [1.29, 1.82) is 0 Å². The second kappa shape index (κ2) is 25.0. The normalized spacial score (nSPS) is 16.6. The van der Waals surface area contributed by atoms with Crippen molar-refractivity contribution in [3.8, 4) is 43.4 Å². The number of carboxylic acid groups (broad SMARTS) is 1. The van der Waals surface area contributed by atoms with Gasteiger partial charge in [-0.2, -0.15) is 0 Å². The number of hydrogen-bond acceptors (Lipinski definition) is 22. The molecular weight excluding hydrogens is 1150 g/mol. The summed E-state index contributed by atoms with van der Waals surface area (Å²) in [6, 6.07) is 9.32. The standard InChI is InChI=1S/C51H47N13O10S6/c1-22(2)37-51-64-40(31(80-51)17-74-5)44(72)53-16-35(67)61-41(42(70)24-9-7-6-8-10-24)50-58-30(20-77-50)48-56-28(18-76-48)39-25(11-12-26(54-39)47-60-32(21-78-47)59-33(65)13-14-36(68)69)46-57-29(19-75-46)43(71)55-27(15-34(66)52-4)49-63-38(23(3)79-49)45(73)62-37/h6-14,18-22,27,37,41-42,70H,15-17H2,1-5H3,(H,52,66)(H,53,72)(H,55,71)(H,59,65)(H,61,67)(H,62,73)(H,68,69)/t27-,37+,41-,42-/m0/s1. The lowest BCUT2D eigenvalue weighted by Gasteiger charge is -2.23. The maximum absolute atomic E-state index is 14.2. The molecule has 29 heteroatoms. The number of aliphatic hydroxyl groups excluding tert-OH is 1. The van der Waals surface area contributed by atoms with E-state index in [1.54, 1.807) is 70.9 Å². The number of aliphatic carboxylic acids is 1. The van der Waals surface area contributed by atoms with E-state index in [1.165, 1.54) is 36.8 Å². The molecule has 1 aliphatic heterocycles. The Morgan fingerprint density at radius 1 is 0.713 bits per heavy atom. The van der Waals surface area contributed by atoms with Crippen molar-refractivity contribution in [2.24, 2.45) is 5.92 Å². The zero-order valence-electron chi connectivity index (χ0n) is 42.8. The Balaban J connectivity index is 1.13. The maximum atomic E-state index is 14.2. The summed E-state index contributed by atoms with van der Waals surface area (Å²) in [6.07, 6.45) is 0.0519. The molecule has 0 unspecified atom stereocenters. The van der Waals surface area contributed by atoms with Gasteiger partial charge in [-0.1, -0.05) is 44.2 Å². The van der Waals surface area contributed by atoms with Gasteiger partial charge in [0.05, 0.1) is 42.2 Å². The Kier molecular flexibility index (Phi) is 17.8. The van der Waals surface area contributed by atoms with E-state index in [9.17, 15) is 38.7 Å². The highest BCUT2D eigenvalue weighted by Crippen LogP contribution is 2.40. The zero-order chi connectivity index (χ0) is 56.8. The molecule has 0 saturated heterocycles. The van der Waals surface area contributed by atoms with E-state index in [2.05, 4.69) is 46.9 Å². The highest BCUT2D eigenvalue weighted by molar-refractivity contribution is 7.15. The number of benzene rings is 1. The Labute approximate surface area is 479 Å². The lowest BCUT2D eigenvalue weighted by molar-refractivity contribution is -0.131. The SMILES string of the molecule is CNC(=O)C[C@@H]1NC(=O)c2csc(n2)-c2ccc(-c3nc(NC(=O)C=CC(=O)O)cs3)nc2-c2csc(n2)-c2csc(n2)[C@H]([C@@H](O)c2ccccc2)NC(=O)CNC(=O)c2nc(sc2COC)[C@@H](C(C)C)NC(=O)c2nc1sc2C. The molecule has 9 rings (SSSR count). The summed E-state index contributed by atoms with van der Waals surface area (Å²) in [4.78, 5) is 127. The molecule has 4 atom stereocenters. The number of hydrogen-bond donors (Lipinski definition) is 8. The fourth-order valence-corrected chi connectivity index (χ4v) is 13.5. The van der Waals surface area contributed by atoms with Crippen molar-refractivity contribution in [2.45, 2.75) is 58.0 Å². The molecule has 7 aromatic heterocycles. The van der Waals surface area contributed by atoms with Crippen LogP contribution in [0.15, 0.2) is 76.1 Å². The number of thiazole rings is 6. The second-order valence-electron chi connectivity index (χ2n) is 17.8. The van der Waals surface area contributed by atoms with Gasteiger partial charge < -0.3 is 46.9 Å². The second-order valence-corrected chi connectivity index (χ2v) is 23.6. The number of ether oxygens (including phenoxy) is 1. The molecule has 10 bridgehead atoms. The van der Waals surface area contributed by atoms with E-state index in [-0.39, 0.29) is 46.9 Å². The number of methoxy groups -OCH3 is 1. The number of aromatic nitrogens is 7. The van der Waals surface area contributed by atoms with Gasteiger partial charge in [0.1, 0.15) is 82.2 Å². The number of fused-ring (bicyclic) bond motifs is 14. The third-order valence-electron chi connectivity index (χ3n) is 11.9. The summed E-state index contributed by atoms with van der Waals surface area (Å²) in [7, 11) is 2.92. The fraction of sp³-hybridized carbons (Fsp3) is 0.255. The van der Waals surface area contributed by atoms with Gasteiger partial charge in [-0.05, 0) is 30.5 Å². The van der Waals surface area contributed by atoms with Crippen LogP contribution in [0.2, 0.25) is 0 Å². The van der Waals surface area contributed by atoms with Crippen LogP contribution in [0.4, 0.5) is 5.82 Å². The first-order valence-corrected chi connectivity index (χ1v) is 29.3. The van der Waals surface area contributed by atoms with Gasteiger partial charge in [0, 0.05) is 58.3 Å². The first-order chi connectivity index (χ1) is 38.5. The third-order valence-corrected chi connectivity index (χ3v) is 17.6. The van der Waals surface area contributed by atoms with E-state index >= 15 is 0 Å². The van der Waals surface area contributed by atoms with Gasteiger partial charge >= 0.3 is 5.97 Å². The van der Waals surface area contributed by atoms with Crippen LogP contribution >= 0.6 is 68.0 Å². The average molecular weight is 1190 g/mol. The van der Waals surface area contributed by atoms with Crippen molar-refractivity contribution >= 4 is 115 Å². The number of anilines is 1. The van der Waals surface area contributed by atoms with E-state index in [1.807, 2.05) is 13.8 Å². The molecule has 1 aliphatic rings. The van der Waals surface area contributed by atoms with Crippen molar-refractivity contribution in [1.82, 2.24) is 61.5 Å². The summed E-state index contributed by atoms with van der Waals surface area (Å²) in [5.74, 6) is -5.03. The Morgan fingerprint density at radius 3 is 2.17 bits per heavy atom. The smallest absolute Gasteiger partial charge is 0.328 e. The summed E-state index contributed by atoms with van der Waals surface area (Å²) >= 11 is 7.02. The quantitative estimate of drug-likeness (QED) is 0.0611. The first kappa shape index (κ1) is 56.8. The minimum absolute atomic E-state index is 0.00340. The van der Waals surface area contributed by atoms with Crippen LogP contribution in [0, 0.1) is 12.8 Å². The number of carbonyl (C=O) groups excluding carboxylic acids is 6. The first-order valence-electron chi connectivity index (χ1n) is 24.1. The number of amides is 6. The predicted molar refractivity (Wildman–Crippen MR) is 302 cm³/mol. The van der Waals surface area contributed by atoms with Gasteiger partial charge in [0.25, 0.3) is 17.7 Å². The molecule has 0 radical (unpaired) electrons. The number of rotatable bonds is 11. The predicted octanol–water partition coefficient (Wildman–Crippen LogP) is 6.89. The molecule has 0 saturated carbocycles. The monoisotopic (exact) mass is 1190 g/mol. The molecule has 0 aliphatic carbocycles. The van der Waals surface area contributed by atoms with E-state index in [0.29, 0.717) is 74.8 Å². The Hall–Kier alpha value is -7.90. The van der Waals surface area contributed by atoms with Crippen molar-refractivity contribution in [2.75, 3.05) is 26.0 Å². The minimum Gasteiger partial charge on any atom is -0.478 e. The fourth-order valence-electron chi connectivity index (χ4n) is 7.96. The van der Waals surface area contributed by atoms with E-state index in [4.69, 9.17) is 29.8 Å². The largest absolute Gasteiger partial charge is 0.478 e. The minimum atomic E-state index is -1.29. The average Bonchev–Trinajstić information content (AvgIpc) is 4.33. The molecule has 0 spiro atoms. The highest BCUT2D eigenvalue weighted by atomic mass is 32.1. The molecule has 8 heterocycles. The van der Waals surface area contributed by atoms with E-state index in [0.717, 1.165) is 51.4 Å². The molecule has 6 amide bonds. The molecule has 8 N–H and O–H groups in total. The topological polar surface area (TPSA) is 332 Å². The molecule has 23 nitrogen and oxygen atoms in total. The number of nitrogens with zero attached hydrogens (tertiary/aromatic N) is 7. The van der Waals surface area contributed by atoms with Crippen molar-refractivity contribution < 1.29 is 48.5 Å². The highest BCUT2D eigenvalue weighted by Gasteiger charge is 2.33. The Morgan fingerprint density at radius 2 is 1.43 bits per heavy atom. The number of aliphatic hydroxyl groups is 1. The number of nitrogens with one attached hydrogen (secondary N) is 6. The number of pyridine rings is 1. The van der Waals surface area contributed by atoms with Gasteiger partial charge in [-0.25, -0.2) is 39.7 Å². The van der Waals surface area contributed by atoms with Gasteiger partial charge in [-0.3, -0.25) is 28.8 Å². The summed E-state index contributed by atoms with van der Waals surface area (Å²) < 4.78 is 5.43. The summed E-state index contributed by atoms with van der Waals surface area (Å²) in [5.41, 5.74) is 2.49. The molecule has 412 valence electrons. The van der Waals surface area contributed by atoms with Crippen LogP contribution in [0.3, 0.4) is 0 Å². The van der Waals surface area contributed by atoms with Gasteiger partial charge in [0.15, 0.2) is 0 Å². The van der Waals surface area contributed by atoms with Crippen LogP contribution in [-0.2, 0) is 30.5 Å².